The van der Waals surface area contributed by atoms with Crippen LogP contribution >= 0.6 is 0 Å². The number of aryl methyl sites for hydroxylation is 1. The molecule has 0 saturated carbocycles. The average molecular weight is 255 g/mol. The summed E-state index contributed by atoms with van der Waals surface area (Å²) in [7, 11) is 0. The number of phenols is 1. The van der Waals surface area contributed by atoms with Crippen molar-refractivity contribution in [2.45, 2.75) is 26.2 Å². The van der Waals surface area contributed by atoms with E-state index in [1.54, 1.807) is 0 Å². The van der Waals surface area contributed by atoms with Crippen LogP contribution in [0.25, 0.3) is 0 Å². The minimum atomic E-state index is -1.64. The number of nitrogens with zero attached hydrogens (tertiary/aromatic N) is 1. The second kappa shape index (κ2) is 5.85. The molecule has 0 atom stereocenters. The monoisotopic (exact) mass is 255 g/mol. The number of unbranched alkanes of at least 4 members (excludes halogenated alkanes) is 1. The van der Waals surface area contributed by atoms with Crippen molar-refractivity contribution in [2.75, 3.05) is 0 Å². The first kappa shape index (κ1) is 13.8. The molecule has 1 rings (SSSR count). The summed E-state index contributed by atoms with van der Waals surface area (Å²) in [6.45, 7) is 1.94. The number of carbonyl (C=O) groups is 1. The Hall–Kier alpha value is -2.31. The number of hydrogen-bond acceptors (Lipinski definition) is 5. The second-order valence-corrected chi connectivity index (χ2v) is 3.65. The molecule has 7 heteroatoms. The number of carboxylic acid groups (broad SMARTS) is 1. The highest BCUT2D eigenvalue weighted by Gasteiger charge is 2.24. The molecule has 1 aromatic carbocycles. The number of benzene rings is 1. The Morgan fingerprint density at radius 3 is 2.67 bits per heavy atom. The zero-order chi connectivity index (χ0) is 13.7. The van der Waals surface area contributed by atoms with Gasteiger partial charge in [-0.05, 0) is 25.0 Å². The molecule has 0 radical (unpaired) electrons. The second-order valence-electron chi connectivity index (χ2n) is 3.65. The zero-order valence-corrected chi connectivity index (χ0v) is 9.75. The van der Waals surface area contributed by atoms with Crippen LogP contribution in [-0.4, -0.2) is 21.3 Å². The van der Waals surface area contributed by atoms with E-state index in [0.717, 1.165) is 12.8 Å². The molecule has 0 amide bonds. The summed E-state index contributed by atoms with van der Waals surface area (Å²) < 4.78 is 4.26. The van der Waals surface area contributed by atoms with Gasteiger partial charge in [0.15, 0.2) is 5.75 Å². The molecule has 0 spiro atoms. The third-order valence-corrected chi connectivity index (χ3v) is 2.38. The van der Waals surface area contributed by atoms with Gasteiger partial charge in [-0.15, -0.1) is 0 Å². The Bertz CT molecular complexity index is 471. The van der Waals surface area contributed by atoms with Gasteiger partial charge in [0.25, 0.3) is 0 Å². The first-order chi connectivity index (χ1) is 8.47. The van der Waals surface area contributed by atoms with Crippen LogP contribution in [0.2, 0.25) is 0 Å². The molecule has 0 aromatic heterocycles. The van der Waals surface area contributed by atoms with E-state index in [-0.39, 0.29) is 0 Å². The topological polar surface area (TPSA) is 110 Å². The first-order valence-corrected chi connectivity index (χ1v) is 5.37. The summed E-state index contributed by atoms with van der Waals surface area (Å²) in [4.78, 5) is 20.5. The van der Waals surface area contributed by atoms with Gasteiger partial charge in [0, 0.05) is 5.56 Å². The molecule has 0 saturated heterocycles. The Labute approximate surface area is 103 Å². The highest BCUT2D eigenvalue weighted by Crippen LogP contribution is 2.39. The third-order valence-electron chi connectivity index (χ3n) is 2.38. The SMILES string of the molecule is CCCCc1ccc(OC(=O)O)c(O)c1[N+](=O)[O-]. The summed E-state index contributed by atoms with van der Waals surface area (Å²) in [6, 6.07) is 2.60. The maximum Gasteiger partial charge on any atom is 0.511 e. The van der Waals surface area contributed by atoms with Crippen LogP contribution in [0.3, 0.4) is 0 Å². The van der Waals surface area contributed by atoms with E-state index in [1.807, 2.05) is 6.92 Å². The van der Waals surface area contributed by atoms with E-state index in [4.69, 9.17) is 5.11 Å². The fourth-order valence-corrected chi connectivity index (χ4v) is 1.55. The van der Waals surface area contributed by atoms with E-state index >= 15 is 0 Å². The molecule has 7 nitrogen and oxygen atoms in total. The average Bonchev–Trinajstić information content (AvgIpc) is 2.28. The van der Waals surface area contributed by atoms with Crippen molar-refractivity contribution >= 4 is 11.8 Å². The number of ether oxygens (including phenoxy) is 1. The quantitative estimate of drug-likeness (QED) is 0.362. The Kier molecular flexibility index (Phi) is 4.47. The lowest BCUT2D eigenvalue weighted by Gasteiger charge is -2.07. The molecule has 98 valence electrons. The summed E-state index contributed by atoms with van der Waals surface area (Å²) in [5.41, 5.74) is -0.140. The summed E-state index contributed by atoms with van der Waals surface area (Å²) in [6.07, 6.45) is 0.388. The number of rotatable bonds is 5. The van der Waals surface area contributed by atoms with Gasteiger partial charge < -0.3 is 14.9 Å². The molecule has 0 bridgehead atoms. The van der Waals surface area contributed by atoms with Crippen molar-refractivity contribution in [3.63, 3.8) is 0 Å². The van der Waals surface area contributed by atoms with Crippen molar-refractivity contribution in [1.29, 1.82) is 0 Å². The van der Waals surface area contributed by atoms with Crippen LogP contribution in [0.15, 0.2) is 12.1 Å². The van der Waals surface area contributed by atoms with Gasteiger partial charge in [0.05, 0.1) is 4.92 Å². The van der Waals surface area contributed by atoms with E-state index in [1.165, 1.54) is 12.1 Å². The number of nitro groups is 1. The van der Waals surface area contributed by atoms with Crippen molar-refractivity contribution in [3.05, 3.63) is 27.8 Å². The zero-order valence-electron chi connectivity index (χ0n) is 9.75. The maximum atomic E-state index is 10.9. The summed E-state index contributed by atoms with van der Waals surface area (Å²) in [5, 5.41) is 29.0. The Balaban J connectivity index is 3.19. The molecule has 0 aliphatic heterocycles. The molecule has 18 heavy (non-hydrogen) atoms. The lowest BCUT2D eigenvalue weighted by atomic mass is 10.1. The molecular formula is C11H13NO6. The standard InChI is InChI=1S/C11H13NO6/c1-2-3-4-7-5-6-8(18-11(14)15)10(13)9(7)12(16)17/h5-6,13H,2-4H2,1H3,(H,14,15). The van der Waals surface area contributed by atoms with Crippen LogP contribution in [0, 0.1) is 10.1 Å². The molecule has 0 unspecified atom stereocenters. The summed E-state index contributed by atoms with van der Waals surface area (Å²) >= 11 is 0. The van der Waals surface area contributed by atoms with Gasteiger partial charge in [-0.3, -0.25) is 10.1 Å². The number of hydrogen-bond donors (Lipinski definition) is 2. The van der Waals surface area contributed by atoms with Gasteiger partial charge in [-0.1, -0.05) is 13.3 Å². The molecule has 0 aliphatic carbocycles. The van der Waals surface area contributed by atoms with Gasteiger partial charge in [-0.2, -0.15) is 0 Å². The largest absolute Gasteiger partial charge is 0.511 e. The van der Waals surface area contributed by atoms with Crippen LogP contribution in [-0.2, 0) is 6.42 Å². The van der Waals surface area contributed by atoms with Crippen LogP contribution in [0.1, 0.15) is 25.3 Å². The highest BCUT2D eigenvalue weighted by molar-refractivity contribution is 5.67. The van der Waals surface area contributed by atoms with E-state index in [9.17, 15) is 20.0 Å². The minimum Gasteiger partial charge on any atom is -0.499 e. The normalized spacial score (nSPS) is 10.1. The van der Waals surface area contributed by atoms with Crippen LogP contribution < -0.4 is 4.74 Å². The van der Waals surface area contributed by atoms with Crippen LogP contribution in [0.5, 0.6) is 11.5 Å². The Morgan fingerprint density at radius 2 is 2.17 bits per heavy atom. The number of phenolic OH excluding ortho intramolecular Hbond substituents is 1. The predicted octanol–water partition coefficient (Wildman–Crippen LogP) is 2.70. The van der Waals surface area contributed by atoms with Gasteiger partial charge in [0.2, 0.25) is 5.75 Å². The van der Waals surface area contributed by atoms with Crippen LogP contribution in [0.4, 0.5) is 10.5 Å². The van der Waals surface area contributed by atoms with Crippen molar-refractivity contribution in [2.24, 2.45) is 0 Å². The van der Waals surface area contributed by atoms with E-state index in [0.29, 0.717) is 12.0 Å². The number of nitro benzene ring substituents is 1. The Morgan fingerprint density at radius 1 is 1.50 bits per heavy atom. The molecule has 0 aliphatic rings. The fraction of sp³-hybridized carbons (Fsp3) is 0.364. The molecule has 0 fully saturated rings. The first-order valence-electron chi connectivity index (χ1n) is 5.37. The van der Waals surface area contributed by atoms with Gasteiger partial charge >= 0.3 is 11.8 Å². The molecule has 1 aromatic rings. The highest BCUT2D eigenvalue weighted by atomic mass is 16.7. The van der Waals surface area contributed by atoms with E-state index in [2.05, 4.69) is 4.74 Å². The summed E-state index contributed by atoms with van der Waals surface area (Å²) in [5.74, 6) is -1.19. The fourth-order valence-electron chi connectivity index (χ4n) is 1.55. The van der Waals surface area contributed by atoms with E-state index < -0.39 is 28.3 Å². The minimum absolute atomic E-state index is 0.358. The smallest absolute Gasteiger partial charge is 0.499 e. The lowest BCUT2D eigenvalue weighted by molar-refractivity contribution is -0.386. The molecule has 2 N–H and O–H groups in total. The molecule has 0 heterocycles. The number of aromatic hydroxyl groups is 1. The van der Waals surface area contributed by atoms with Gasteiger partial charge in [0.1, 0.15) is 0 Å². The lowest BCUT2D eigenvalue weighted by Crippen LogP contribution is -2.05. The van der Waals surface area contributed by atoms with Crippen molar-refractivity contribution < 1.29 is 24.7 Å². The van der Waals surface area contributed by atoms with Gasteiger partial charge in [-0.25, -0.2) is 4.79 Å². The van der Waals surface area contributed by atoms with Crippen molar-refractivity contribution in [3.8, 4) is 11.5 Å². The molecular weight excluding hydrogens is 242 g/mol. The maximum absolute atomic E-state index is 10.9. The van der Waals surface area contributed by atoms with Crippen molar-refractivity contribution in [1.82, 2.24) is 0 Å². The predicted molar refractivity (Wildman–Crippen MR) is 62.0 cm³/mol. The third kappa shape index (κ3) is 3.09.